The van der Waals surface area contributed by atoms with E-state index in [-0.39, 0.29) is 12.5 Å². The largest absolute Gasteiger partial charge is 0.451 e. The first kappa shape index (κ1) is 19.8. The molecule has 2 N–H and O–H groups in total. The number of ether oxygens (including phenoxy) is 1. The standard InChI is InChI=1S/C23H21N3O3S/c1-15-21(30-22(26-15)16-7-3-2-4-8-16)23(28)29-14-20(27)24-12-11-17-13-25-19-10-6-5-9-18(17)19/h2-10,13,25H,11-12,14H2,1H3,(H,24,27). The highest BCUT2D eigenvalue weighted by atomic mass is 32.1. The number of aromatic nitrogens is 2. The number of thiazole rings is 1. The van der Waals surface area contributed by atoms with Gasteiger partial charge in [-0.05, 0) is 25.0 Å². The third kappa shape index (κ3) is 4.41. The Balaban J connectivity index is 1.28. The number of hydrogen-bond donors (Lipinski definition) is 2. The Morgan fingerprint density at radius 2 is 1.87 bits per heavy atom. The van der Waals surface area contributed by atoms with Crippen LogP contribution >= 0.6 is 11.3 Å². The summed E-state index contributed by atoms with van der Waals surface area (Å²) in [5.74, 6) is -0.854. The Morgan fingerprint density at radius 1 is 1.10 bits per heavy atom. The van der Waals surface area contributed by atoms with E-state index in [2.05, 4.69) is 15.3 Å². The molecule has 0 saturated heterocycles. The summed E-state index contributed by atoms with van der Waals surface area (Å²) in [7, 11) is 0. The first-order chi connectivity index (χ1) is 14.6. The second kappa shape index (κ2) is 8.92. The summed E-state index contributed by atoms with van der Waals surface area (Å²) in [4.78, 5) is 32.5. The molecule has 4 rings (SSSR count). The van der Waals surface area contributed by atoms with E-state index >= 15 is 0 Å². The maximum atomic E-state index is 12.4. The van der Waals surface area contributed by atoms with Crippen LogP contribution in [0.1, 0.15) is 20.9 Å². The predicted octanol–water partition coefficient (Wildman–Crippen LogP) is 4.12. The van der Waals surface area contributed by atoms with Crippen LogP contribution in [0.5, 0.6) is 0 Å². The molecule has 0 aliphatic heterocycles. The Labute approximate surface area is 177 Å². The van der Waals surface area contributed by atoms with Gasteiger partial charge in [-0.2, -0.15) is 0 Å². The summed E-state index contributed by atoms with van der Waals surface area (Å²) < 4.78 is 5.19. The van der Waals surface area contributed by atoms with Crippen molar-refractivity contribution in [1.29, 1.82) is 0 Å². The van der Waals surface area contributed by atoms with E-state index in [1.165, 1.54) is 11.3 Å². The van der Waals surface area contributed by atoms with Crippen LogP contribution in [0.2, 0.25) is 0 Å². The molecule has 30 heavy (non-hydrogen) atoms. The van der Waals surface area contributed by atoms with Crippen LogP contribution in [0.15, 0.2) is 60.8 Å². The molecule has 2 aromatic heterocycles. The SMILES string of the molecule is Cc1nc(-c2ccccc2)sc1C(=O)OCC(=O)NCCc1c[nH]c2ccccc12. The number of nitrogens with one attached hydrogen (secondary N) is 2. The summed E-state index contributed by atoms with van der Waals surface area (Å²) in [6, 6.07) is 17.7. The van der Waals surface area contributed by atoms with Crippen molar-refractivity contribution < 1.29 is 14.3 Å². The number of rotatable bonds is 7. The third-order valence-corrected chi connectivity index (χ3v) is 5.92. The normalized spacial score (nSPS) is 10.8. The topological polar surface area (TPSA) is 84.1 Å². The lowest BCUT2D eigenvalue weighted by atomic mass is 10.1. The number of para-hydroxylation sites is 1. The van der Waals surface area contributed by atoms with Crippen molar-refractivity contribution in [2.24, 2.45) is 0 Å². The number of aryl methyl sites for hydroxylation is 1. The molecule has 2 aromatic carbocycles. The Kier molecular flexibility index (Phi) is 5.90. The molecule has 0 radical (unpaired) electrons. The lowest BCUT2D eigenvalue weighted by Crippen LogP contribution is -2.30. The number of H-pyrrole nitrogens is 1. The van der Waals surface area contributed by atoms with Crippen molar-refractivity contribution in [3.63, 3.8) is 0 Å². The molecule has 0 bridgehead atoms. The Morgan fingerprint density at radius 3 is 2.70 bits per heavy atom. The van der Waals surface area contributed by atoms with Gasteiger partial charge in [0.1, 0.15) is 9.88 Å². The summed E-state index contributed by atoms with van der Waals surface area (Å²) in [6.45, 7) is 1.92. The van der Waals surface area contributed by atoms with Crippen LogP contribution in [-0.4, -0.2) is 35.0 Å². The second-order valence-electron chi connectivity index (χ2n) is 6.84. The van der Waals surface area contributed by atoms with Crippen molar-refractivity contribution in [3.8, 4) is 10.6 Å². The molecule has 0 spiro atoms. The number of amides is 1. The van der Waals surface area contributed by atoms with Crippen LogP contribution in [-0.2, 0) is 16.0 Å². The molecule has 152 valence electrons. The molecule has 0 atom stereocenters. The first-order valence-electron chi connectivity index (χ1n) is 9.63. The summed E-state index contributed by atoms with van der Waals surface area (Å²) >= 11 is 1.27. The zero-order valence-corrected chi connectivity index (χ0v) is 17.3. The minimum atomic E-state index is -0.529. The van der Waals surface area contributed by atoms with E-state index < -0.39 is 5.97 Å². The molecular weight excluding hydrogens is 398 g/mol. The first-order valence-corrected chi connectivity index (χ1v) is 10.4. The number of benzene rings is 2. The summed E-state index contributed by atoms with van der Waals surface area (Å²) in [5.41, 5.74) is 3.75. The Hall–Kier alpha value is -3.45. The predicted molar refractivity (Wildman–Crippen MR) is 118 cm³/mol. The minimum absolute atomic E-state index is 0.315. The lowest BCUT2D eigenvalue weighted by Gasteiger charge is -2.06. The molecule has 0 aliphatic rings. The van der Waals surface area contributed by atoms with E-state index in [9.17, 15) is 9.59 Å². The average molecular weight is 420 g/mol. The lowest BCUT2D eigenvalue weighted by molar-refractivity contribution is -0.124. The quantitative estimate of drug-likeness (QED) is 0.442. The van der Waals surface area contributed by atoms with E-state index in [1.807, 2.05) is 60.8 Å². The van der Waals surface area contributed by atoms with Gasteiger partial charge in [0.2, 0.25) is 0 Å². The number of hydrogen-bond acceptors (Lipinski definition) is 5. The van der Waals surface area contributed by atoms with Crippen LogP contribution in [0.25, 0.3) is 21.5 Å². The van der Waals surface area contributed by atoms with Gasteiger partial charge in [-0.1, -0.05) is 48.5 Å². The van der Waals surface area contributed by atoms with Gasteiger partial charge in [0.25, 0.3) is 5.91 Å². The monoisotopic (exact) mass is 419 g/mol. The van der Waals surface area contributed by atoms with Crippen LogP contribution < -0.4 is 5.32 Å². The zero-order chi connectivity index (χ0) is 20.9. The molecule has 7 heteroatoms. The van der Waals surface area contributed by atoms with E-state index in [4.69, 9.17) is 4.74 Å². The van der Waals surface area contributed by atoms with Gasteiger partial charge in [0.15, 0.2) is 6.61 Å². The van der Waals surface area contributed by atoms with Gasteiger partial charge in [-0.25, -0.2) is 9.78 Å². The van der Waals surface area contributed by atoms with Gasteiger partial charge < -0.3 is 15.0 Å². The molecule has 4 aromatic rings. The van der Waals surface area contributed by atoms with Crippen molar-refractivity contribution >= 4 is 34.1 Å². The molecule has 0 unspecified atom stereocenters. The van der Waals surface area contributed by atoms with Gasteiger partial charge >= 0.3 is 5.97 Å². The number of carbonyl (C=O) groups is 2. The fraction of sp³-hybridized carbons (Fsp3) is 0.174. The average Bonchev–Trinajstić information content (AvgIpc) is 3.36. The van der Waals surface area contributed by atoms with Crippen LogP contribution in [0, 0.1) is 6.92 Å². The van der Waals surface area contributed by atoms with Gasteiger partial charge in [-0.15, -0.1) is 11.3 Å². The van der Waals surface area contributed by atoms with Crippen LogP contribution in [0.4, 0.5) is 0 Å². The highest BCUT2D eigenvalue weighted by Gasteiger charge is 2.18. The second-order valence-corrected chi connectivity index (χ2v) is 7.83. The highest BCUT2D eigenvalue weighted by molar-refractivity contribution is 7.17. The fourth-order valence-corrected chi connectivity index (χ4v) is 4.18. The minimum Gasteiger partial charge on any atom is -0.451 e. The number of fused-ring (bicyclic) bond motifs is 1. The van der Waals surface area contributed by atoms with E-state index in [0.29, 0.717) is 23.5 Å². The van der Waals surface area contributed by atoms with Gasteiger partial charge in [-0.3, -0.25) is 4.79 Å². The van der Waals surface area contributed by atoms with Crippen molar-refractivity contribution in [1.82, 2.24) is 15.3 Å². The zero-order valence-electron chi connectivity index (χ0n) is 16.5. The van der Waals surface area contributed by atoms with Crippen LogP contribution in [0.3, 0.4) is 0 Å². The maximum absolute atomic E-state index is 12.4. The Bertz CT molecular complexity index is 1180. The molecule has 0 saturated carbocycles. The van der Waals surface area contributed by atoms with Gasteiger partial charge in [0.05, 0.1) is 5.69 Å². The molecule has 2 heterocycles. The molecule has 6 nitrogen and oxygen atoms in total. The molecular formula is C23H21N3O3S. The molecule has 0 aliphatic carbocycles. The highest BCUT2D eigenvalue weighted by Crippen LogP contribution is 2.28. The number of carbonyl (C=O) groups excluding carboxylic acids is 2. The smallest absolute Gasteiger partial charge is 0.350 e. The summed E-state index contributed by atoms with van der Waals surface area (Å²) in [6.07, 6.45) is 2.64. The maximum Gasteiger partial charge on any atom is 0.350 e. The molecule has 1 amide bonds. The fourth-order valence-electron chi connectivity index (χ4n) is 3.21. The third-order valence-electron chi connectivity index (χ3n) is 4.73. The van der Waals surface area contributed by atoms with Crippen molar-refractivity contribution in [2.75, 3.05) is 13.2 Å². The number of nitrogens with zero attached hydrogens (tertiary/aromatic N) is 1. The molecule has 0 fully saturated rings. The van der Waals surface area contributed by atoms with E-state index in [1.54, 1.807) is 6.92 Å². The van der Waals surface area contributed by atoms with Crippen molar-refractivity contribution in [2.45, 2.75) is 13.3 Å². The number of aromatic amines is 1. The van der Waals surface area contributed by atoms with Gasteiger partial charge in [0, 0.05) is 29.2 Å². The number of esters is 1. The summed E-state index contributed by atoms with van der Waals surface area (Å²) in [5, 5.41) is 4.70. The van der Waals surface area contributed by atoms with Crippen molar-refractivity contribution in [3.05, 3.63) is 76.9 Å². The van der Waals surface area contributed by atoms with E-state index in [0.717, 1.165) is 27.0 Å².